The Morgan fingerprint density at radius 2 is 1.10 bits per heavy atom. The van der Waals surface area contributed by atoms with Crippen LogP contribution in [0, 0.1) is 13.8 Å². The maximum atomic E-state index is 11.6. The lowest BCUT2D eigenvalue weighted by Gasteiger charge is -2.26. The number of benzene rings is 5. The van der Waals surface area contributed by atoms with E-state index in [1.807, 2.05) is 30.3 Å². The van der Waals surface area contributed by atoms with Crippen molar-refractivity contribution >= 4 is 34.7 Å². The maximum absolute atomic E-state index is 11.6. The predicted octanol–water partition coefficient (Wildman–Crippen LogP) is 9.45. The fraction of sp³-hybridized carbons (Fsp3) is 0.0541. The molecule has 0 unspecified atom stereocenters. The molecule has 3 nitrogen and oxygen atoms in total. The van der Waals surface area contributed by atoms with Gasteiger partial charge in [-0.2, -0.15) is 0 Å². The van der Waals surface area contributed by atoms with Crippen molar-refractivity contribution < 1.29 is 9.53 Å². The summed E-state index contributed by atoms with van der Waals surface area (Å²) in [5.74, 6) is 0.00898. The molecule has 5 rings (SSSR count). The summed E-state index contributed by atoms with van der Waals surface area (Å²) >= 11 is 0. The Morgan fingerprint density at radius 3 is 1.60 bits per heavy atom. The average Bonchev–Trinajstić information content (AvgIpc) is 2.99. The van der Waals surface area contributed by atoms with Crippen molar-refractivity contribution in [3.63, 3.8) is 0 Å². The van der Waals surface area contributed by atoms with Crippen molar-refractivity contribution in [3.8, 4) is 5.75 Å². The first-order chi connectivity index (χ1) is 19.5. The highest BCUT2D eigenvalue weighted by Gasteiger charge is 2.13. The smallest absolute Gasteiger partial charge is 0.335 e. The lowest BCUT2D eigenvalue weighted by atomic mass is 9.95. The van der Waals surface area contributed by atoms with Crippen LogP contribution in [0.2, 0.25) is 0 Å². The first-order valence-electron chi connectivity index (χ1n) is 13.3. The van der Waals surface area contributed by atoms with Crippen LogP contribution in [0.25, 0.3) is 11.6 Å². The van der Waals surface area contributed by atoms with Gasteiger partial charge in [-0.05, 0) is 90.7 Å². The Balaban J connectivity index is 1.51. The molecule has 0 spiro atoms. The van der Waals surface area contributed by atoms with E-state index in [-0.39, 0.29) is 0 Å². The van der Waals surface area contributed by atoms with Gasteiger partial charge < -0.3 is 9.64 Å². The van der Waals surface area contributed by atoms with E-state index in [2.05, 4.69) is 116 Å². The topological polar surface area (TPSA) is 29.5 Å². The standard InChI is InChI=1S/C37H31NO2/c1-4-37(39)40-35-24-16-31(17-25-35)36(30-8-6-5-7-9-30)26-29-14-22-34(23-15-29)38(32-18-10-27(2)11-19-32)33-20-12-28(3)13-21-33/h4-26H,1H2,2-3H3. The van der Waals surface area contributed by atoms with Gasteiger partial charge in [0.25, 0.3) is 0 Å². The van der Waals surface area contributed by atoms with Gasteiger partial charge in [0.2, 0.25) is 0 Å². The summed E-state index contributed by atoms with van der Waals surface area (Å²) in [6.07, 6.45) is 3.34. The van der Waals surface area contributed by atoms with Crippen LogP contribution in [0.15, 0.2) is 140 Å². The fourth-order valence-corrected chi connectivity index (χ4v) is 4.53. The van der Waals surface area contributed by atoms with Gasteiger partial charge in [0.15, 0.2) is 0 Å². The van der Waals surface area contributed by atoms with Crippen molar-refractivity contribution in [2.24, 2.45) is 0 Å². The number of rotatable bonds is 8. The summed E-state index contributed by atoms with van der Waals surface area (Å²) in [7, 11) is 0. The van der Waals surface area contributed by atoms with Gasteiger partial charge in [-0.25, -0.2) is 4.79 Å². The Morgan fingerprint density at radius 1 is 0.625 bits per heavy atom. The second-order valence-corrected chi connectivity index (χ2v) is 9.67. The molecule has 5 aromatic carbocycles. The van der Waals surface area contributed by atoms with Crippen LogP contribution in [0.1, 0.15) is 27.8 Å². The lowest BCUT2D eigenvalue weighted by molar-refractivity contribution is -0.128. The second-order valence-electron chi connectivity index (χ2n) is 9.67. The average molecular weight is 522 g/mol. The van der Waals surface area contributed by atoms with Crippen LogP contribution >= 0.6 is 0 Å². The van der Waals surface area contributed by atoms with E-state index in [9.17, 15) is 4.79 Å². The summed E-state index contributed by atoms with van der Waals surface area (Å²) in [4.78, 5) is 13.9. The number of hydrogen-bond donors (Lipinski definition) is 0. The molecule has 0 fully saturated rings. The molecule has 0 amide bonds. The lowest BCUT2D eigenvalue weighted by Crippen LogP contribution is -2.09. The van der Waals surface area contributed by atoms with Crippen LogP contribution in [0.5, 0.6) is 5.75 Å². The highest BCUT2D eigenvalue weighted by molar-refractivity contribution is 5.92. The fourth-order valence-electron chi connectivity index (χ4n) is 4.53. The van der Waals surface area contributed by atoms with Crippen molar-refractivity contribution in [1.29, 1.82) is 0 Å². The third-order valence-corrected chi connectivity index (χ3v) is 6.68. The Hall–Kier alpha value is -5.15. The normalized spacial score (nSPS) is 11.1. The molecule has 0 aliphatic rings. The van der Waals surface area contributed by atoms with E-state index in [0.29, 0.717) is 5.75 Å². The van der Waals surface area contributed by atoms with Crippen molar-refractivity contribution in [1.82, 2.24) is 0 Å². The van der Waals surface area contributed by atoms with Gasteiger partial charge in [-0.1, -0.05) is 96.6 Å². The number of ether oxygens (including phenoxy) is 1. The first kappa shape index (κ1) is 26.5. The molecule has 196 valence electrons. The van der Waals surface area contributed by atoms with Gasteiger partial charge in [-0.15, -0.1) is 0 Å². The number of carbonyl (C=O) groups is 1. The number of nitrogens with zero attached hydrogens (tertiary/aromatic N) is 1. The molecule has 0 aliphatic carbocycles. The minimum Gasteiger partial charge on any atom is -0.423 e. The summed E-state index contributed by atoms with van der Waals surface area (Å²) in [6.45, 7) is 7.67. The minimum atomic E-state index is -0.475. The molecule has 5 aromatic rings. The highest BCUT2D eigenvalue weighted by atomic mass is 16.5. The molecular formula is C37H31NO2. The first-order valence-corrected chi connectivity index (χ1v) is 13.3. The van der Waals surface area contributed by atoms with E-state index >= 15 is 0 Å². The zero-order chi connectivity index (χ0) is 27.9. The zero-order valence-corrected chi connectivity index (χ0v) is 22.7. The monoisotopic (exact) mass is 521 g/mol. The SMILES string of the molecule is C=CC(=O)Oc1ccc(C(=Cc2ccc(N(c3ccc(C)cc3)c3ccc(C)cc3)cc2)c2ccccc2)cc1. The number of anilines is 3. The van der Waals surface area contributed by atoms with E-state index in [4.69, 9.17) is 4.74 Å². The molecular weight excluding hydrogens is 490 g/mol. The molecule has 0 saturated heterocycles. The number of aryl methyl sites for hydroxylation is 2. The second kappa shape index (κ2) is 12.1. The largest absolute Gasteiger partial charge is 0.423 e. The minimum absolute atomic E-state index is 0.475. The van der Waals surface area contributed by atoms with Crippen molar-refractivity contribution in [2.75, 3.05) is 4.90 Å². The number of esters is 1. The highest BCUT2D eigenvalue weighted by Crippen LogP contribution is 2.35. The molecule has 0 saturated carbocycles. The van der Waals surface area contributed by atoms with Crippen molar-refractivity contribution in [3.05, 3.63) is 168 Å². The summed E-state index contributed by atoms with van der Waals surface area (Å²) in [6, 6.07) is 43.6. The molecule has 0 radical (unpaired) electrons. The van der Waals surface area contributed by atoms with E-state index in [0.717, 1.165) is 45.4 Å². The van der Waals surface area contributed by atoms with E-state index in [1.165, 1.54) is 11.1 Å². The maximum Gasteiger partial charge on any atom is 0.335 e. The Kier molecular flexibility index (Phi) is 8.03. The predicted molar refractivity (Wildman–Crippen MR) is 166 cm³/mol. The van der Waals surface area contributed by atoms with E-state index < -0.39 is 5.97 Å². The van der Waals surface area contributed by atoms with Gasteiger partial charge >= 0.3 is 5.97 Å². The Labute approximate surface area is 236 Å². The van der Waals surface area contributed by atoms with Crippen LogP contribution < -0.4 is 9.64 Å². The van der Waals surface area contributed by atoms with Crippen LogP contribution in [0.4, 0.5) is 17.1 Å². The van der Waals surface area contributed by atoms with Crippen LogP contribution in [-0.2, 0) is 4.79 Å². The summed E-state index contributed by atoms with van der Waals surface area (Å²) < 4.78 is 5.26. The molecule has 0 heterocycles. The van der Waals surface area contributed by atoms with Gasteiger partial charge in [-0.3, -0.25) is 0 Å². The van der Waals surface area contributed by atoms with Gasteiger partial charge in [0.05, 0.1) is 0 Å². The van der Waals surface area contributed by atoms with E-state index in [1.54, 1.807) is 12.1 Å². The van der Waals surface area contributed by atoms with Gasteiger partial charge in [0, 0.05) is 23.1 Å². The quantitative estimate of drug-likeness (QED) is 0.0881. The molecule has 0 aromatic heterocycles. The molecule has 0 N–H and O–H groups in total. The molecule has 40 heavy (non-hydrogen) atoms. The van der Waals surface area contributed by atoms with Crippen LogP contribution in [-0.4, -0.2) is 5.97 Å². The third kappa shape index (κ3) is 6.28. The van der Waals surface area contributed by atoms with Crippen molar-refractivity contribution in [2.45, 2.75) is 13.8 Å². The molecule has 3 heteroatoms. The number of hydrogen-bond acceptors (Lipinski definition) is 3. The summed E-state index contributed by atoms with van der Waals surface area (Å²) in [5.41, 5.74) is 10.0. The Bertz CT molecular complexity index is 1570. The molecule has 0 atom stereocenters. The van der Waals surface area contributed by atoms with Crippen LogP contribution in [0.3, 0.4) is 0 Å². The molecule has 0 aliphatic heterocycles. The third-order valence-electron chi connectivity index (χ3n) is 6.68. The zero-order valence-electron chi connectivity index (χ0n) is 22.7. The summed E-state index contributed by atoms with van der Waals surface area (Å²) in [5, 5.41) is 0. The number of carbonyl (C=O) groups excluding carboxylic acids is 1. The molecule has 0 bridgehead atoms. The van der Waals surface area contributed by atoms with Gasteiger partial charge in [0.1, 0.15) is 5.75 Å².